The fourth-order valence-corrected chi connectivity index (χ4v) is 2.35. The first kappa shape index (κ1) is 10.5. The van der Waals surface area contributed by atoms with Crippen molar-refractivity contribution in [3.05, 3.63) is 0 Å². The molecule has 1 saturated heterocycles. The summed E-state index contributed by atoms with van der Waals surface area (Å²) in [4.78, 5) is 11.1. The van der Waals surface area contributed by atoms with Gasteiger partial charge in [-0.05, 0) is 26.7 Å². The van der Waals surface area contributed by atoms with Crippen LogP contribution in [0.1, 0.15) is 26.7 Å². The number of rotatable bonds is 3. The molecule has 1 aliphatic rings. The van der Waals surface area contributed by atoms with E-state index in [2.05, 4.69) is 13.8 Å². The van der Waals surface area contributed by atoms with Crippen molar-refractivity contribution in [3.63, 3.8) is 0 Å². The van der Waals surface area contributed by atoms with Crippen molar-refractivity contribution in [2.45, 2.75) is 26.7 Å². The van der Waals surface area contributed by atoms with Crippen LogP contribution >= 0.6 is 0 Å². The first-order valence-corrected chi connectivity index (χ1v) is 5.28. The first-order chi connectivity index (χ1) is 6.13. The summed E-state index contributed by atoms with van der Waals surface area (Å²) in [5.74, 6) is 0.0118. The molecule has 0 radical (unpaired) electrons. The summed E-state index contributed by atoms with van der Waals surface area (Å²) in [6.07, 6.45) is 2.14. The molecular formula is C10H21N2O+. The van der Waals surface area contributed by atoms with Gasteiger partial charge < -0.3 is 10.2 Å². The molecule has 3 heteroatoms. The molecule has 0 aromatic heterocycles. The number of primary amides is 1. The summed E-state index contributed by atoms with van der Waals surface area (Å²) < 4.78 is 1.08. The van der Waals surface area contributed by atoms with Gasteiger partial charge in [0.1, 0.15) is 0 Å². The largest absolute Gasteiger partial charge is 0.369 e. The zero-order valence-corrected chi connectivity index (χ0v) is 8.75. The van der Waals surface area contributed by atoms with E-state index in [1.54, 1.807) is 0 Å². The molecule has 0 aromatic carbocycles. The third-order valence-electron chi connectivity index (χ3n) is 3.54. The van der Waals surface area contributed by atoms with E-state index >= 15 is 0 Å². The van der Waals surface area contributed by atoms with Gasteiger partial charge in [0.2, 0.25) is 5.91 Å². The Morgan fingerprint density at radius 1 is 1.46 bits per heavy atom. The van der Waals surface area contributed by atoms with Crippen LogP contribution < -0.4 is 5.73 Å². The van der Waals surface area contributed by atoms with Crippen LogP contribution in [0, 0.1) is 5.92 Å². The van der Waals surface area contributed by atoms with Gasteiger partial charge in [-0.15, -0.1) is 0 Å². The Morgan fingerprint density at radius 2 is 2.08 bits per heavy atom. The van der Waals surface area contributed by atoms with E-state index in [0.717, 1.165) is 37.0 Å². The van der Waals surface area contributed by atoms with Gasteiger partial charge in [-0.25, -0.2) is 0 Å². The van der Waals surface area contributed by atoms with Gasteiger partial charge in [0.25, 0.3) is 0 Å². The van der Waals surface area contributed by atoms with Gasteiger partial charge in [0.15, 0.2) is 0 Å². The van der Waals surface area contributed by atoms with Crippen LogP contribution in [0.4, 0.5) is 0 Å². The maximum absolute atomic E-state index is 11.1. The zero-order valence-electron chi connectivity index (χ0n) is 8.75. The lowest BCUT2D eigenvalue weighted by atomic mass is 9.95. The molecule has 0 bridgehead atoms. The van der Waals surface area contributed by atoms with Gasteiger partial charge in [-0.2, -0.15) is 0 Å². The number of carbonyl (C=O) groups excluding carboxylic acids is 1. The second-order valence-electron chi connectivity index (χ2n) is 4.12. The lowest BCUT2D eigenvalue weighted by Crippen LogP contribution is -2.55. The first-order valence-electron chi connectivity index (χ1n) is 5.28. The summed E-state index contributed by atoms with van der Waals surface area (Å²) in [6, 6.07) is 0. The van der Waals surface area contributed by atoms with Crippen LogP contribution in [-0.4, -0.2) is 36.6 Å². The summed E-state index contributed by atoms with van der Waals surface area (Å²) in [6.45, 7) is 8.83. The van der Waals surface area contributed by atoms with Crippen LogP contribution in [0.5, 0.6) is 0 Å². The average molecular weight is 185 g/mol. The summed E-state index contributed by atoms with van der Waals surface area (Å²) in [7, 11) is 0. The SMILES string of the molecule is CC[N+]1(CC)CCCC(C(N)=O)C1. The molecule has 13 heavy (non-hydrogen) atoms. The maximum atomic E-state index is 11.1. The van der Waals surface area contributed by atoms with Gasteiger partial charge >= 0.3 is 0 Å². The highest BCUT2D eigenvalue weighted by Crippen LogP contribution is 2.22. The molecule has 0 saturated carbocycles. The number of amides is 1. The fourth-order valence-electron chi connectivity index (χ4n) is 2.35. The van der Waals surface area contributed by atoms with Gasteiger partial charge in [-0.3, -0.25) is 4.79 Å². The van der Waals surface area contributed by atoms with E-state index in [1.165, 1.54) is 6.54 Å². The number of carbonyl (C=O) groups is 1. The van der Waals surface area contributed by atoms with E-state index in [0.29, 0.717) is 0 Å². The van der Waals surface area contributed by atoms with E-state index in [4.69, 9.17) is 5.73 Å². The third kappa shape index (κ3) is 2.21. The van der Waals surface area contributed by atoms with Crippen molar-refractivity contribution < 1.29 is 9.28 Å². The van der Waals surface area contributed by atoms with Gasteiger partial charge in [0.05, 0.1) is 32.1 Å². The highest BCUT2D eigenvalue weighted by molar-refractivity contribution is 5.76. The Labute approximate surface area is 80.5 Å². The number of hydrogen-bond donors (Lipinski definition) is 1. The van der Waals surface area contributed by atoms with Gasteiger partial charge in [-0.1, -0.05) is 0 Å². The molecule has 1 unspecified atom stereocenters. The summed E-state index contributed by atoms with van der Waals surface area (Å²) in [5.41, 5.74) is 5.35. The Kier molecular flexibility index (Phi) is 3.31. The summed E-state index contributed by atoms with van der Waals surface area (Å²) >= 11 is 0. The summed E-state index contributed by atoms with van der Waals surface area (Å²) in [5, 5.41) is 0. The minimum atomic E-state index is -0.107. The number of quaternary nitrogens is 1. The number of hydrogen-bond acceptors (Lipinski definition) is 1. The molecule has 2 N–H and O–H groups in total. The molecule has 3 nitrogen and oxygen atoms in total. The normalized spacial score (nSPS) is 27.1. The number of nitrogens with zero attached hydrogens (tertiary/aromatic N) is 1. The van der Waals surface area contributed by atoms with E-state index in [1.807, 2.05) is 0 Å². The minimum absolute atomic E-state index is 0.107. The highest BCUT2D eigenvalue weighted by Gasteiger charge is 2.34. The molecular weight excluding hydrogens is 164 g/mol. The van der Waals surface area contributed by atoms with Crippen LogP contribution in [0.25, 0.3) is 0 Å². The van der Waals surface area contributed by atoms with E-state index in [9.17, 15) is 4.79 Å². The van der Waals surface area contributed by atoms with Gasteiger partial charge in [0, 0.05) is 0 Å². The molecule has 76 valence electrons. The third-order valence-corrected chi connectivity index (χ3v) is 3.54. The second-order valence-corrected chi connectivity index (χ2v) is 4.12. The van der Waals surface area contributed by atoms with E-state index in [-0.39, 0.29) is 11.8 Å². The Bertz CT molecular complexity index is 187. The van der Waals surface area contributed by atoms with E-state index < -0.39 is 0 Å². The number of likely N-dealkylation sites (tertiary alicyclic amines) is 1. The topological polar surface area (TPSA) is 43.1 Å². The second kappa shape index (κ2) is 4.09. The molecule has 1 fully saturated rings. The molecule has 1 rings (SSSR count). The Balaban J connectivity index is 2.63. The van der Waals surface area contributed by atoms with Crippen molar-refractivity contribution in [2.24, 2.45) is 11.7 Å². The standard InChI is InChI=1S/C10H20N2O/c1-3-12(4-2)7-5-6-9(8-12)10(11)13/h9H,3-8H2,1-2H3,(H-,11,13)/p+1. The average Bonchev–Trinajstić information content (AvgIpc) is 2.18. The van der Waals surface area contributed by atoms with Crippen LogP contribution in [0.3, 0.4) is 0 Å². The highest BCUT2D eigenvalue weighted by atomic mass is 16.1. The molecule has 1 atom stereocenters. The van der Waals surface area contributed by atoms with Crippen molar-refractivity contribution in [1.29, 1.82) is 0 Å². The predicted octanol–water partition coefficient (Wildman–Crippen LogP) is 0.738. The molecule has 1 aliphatic heterocycles. The Hall–Kier alpha value is -0.570. The lowest BCUT2D eigenvalue weighted by Gasteiger charge is -2.42. The number of nitrogens with two attached hydrogens (primary N) is 1. The minimum Gasteiger partial charge on any atom is -0.369 e. The molecule has 0 spiro atoms. The smallest absolute Gasteiger partial charge is 0.226 e. The van der Waals surface area contributed by atoms with Crippen LogP contribution in [-0.2, 0) is 4.79 Å². The maximum Gasteiger partial charge on any atom is 0.226 e. The molecule has 0 aliphatic carbocycles. The van der Waals surface area contributed by atoms with Crippen molar-refractivity contribution in [1.82, 2.24) is 0 Å². The molecule has 1 amide bonds. The zero-order chi connectivity index (χ0) is 9.90. The monoisotopic (exact) mass is 185 g/mol. The van der Waals surface area contributed by atoms with Crippen molar-refractivity contribution >= 4 is 5.91 Å². The molecule has 1 heterocycles. The Morgan fingerprint density at radius 3 is 2.54 bits per heavy atom. The quantitative estimate of drug-likeness (QED) is 0.647. The lowest BCUT2D eigenvalue weighted by molar-refractivity contribution is -0.931. The van der Waals surface area contributed by atoms with Crippen LogP contribution in [0.2, 0.25) is 0 Å². The van der Waals surface area contributed by atoms with Crippen molar-refractivity contribution in [3.8, 4) is 0 Å². The van der Waals surface area contributed by atoms with Crippen molar-refractivity contribution in [2.75, 3.05) is 26.2 Å². The molecule has 0 aromatic rings. The predicted molar refractivity (Wildman–Crippen MR) is 53.0 cm³/mol. The fraction of sp³-hybridized carbons (Fsp3) is 0.900. The van der Waals surface area contributed by atoms with Crippen LogP contribution in [0.15, 0.2) is 0 Å². The number of piperidine rings is 1.